The molecule has 0 amide bonds. The van der Waals surface area contributed by atoms with E-state index in [2.05, 4.69) is 36.5 Å². The molecule has 1 aromatic carbocycles. The van der Waals surface area contributed by atoms with Gasteiger partial charge in [-0.2, -0.15) is 0 Å². The van der Waals surface area contributed by atoms with Gasteiger partial charge in [0.1, 0.15) is 0 Å². The van der Waals surface area contributed by atoms with Gasteiger partial charge in [0.15, 0.2) is 0 Å². The molecule has 2 rings (SSSR count). The van der Waals surface area contributed by atoms with E-state index in [1.165, 1.54) is 11.1 Å². The Morgan fingerprint density at radius 1 is 1.39 bits per heavy atom. The Bertz CT molecular complexity index is 344. The summed E-state index contributed by atoms with van der Waals surface area (Å²) in [6.45, 7) is 5.52. The van der Waals surface area contributed by atoms with E-state index in [4.69, 9.17) is 9.47 Å². The van der Waals surface area contributed by atoms with Crippen LogP contribution in [0.3, 0.4) is 0 Å². The quantitative estimate of drug-likeness (QED) is 0.839. The highest BCUT2D eigenvalue weighted by atomic mass is 16.5. The minimum Gasteiger partial charge on any atom is -0.379 e. The first kappa shape index (κ1) is 13.5. The Labute approximate surface area is 109 Å². The van der Waals surface area contributed by atoms with Crippen molar-refractivity contribution in [2.24, 2.45) is 0 Å². The van der Waals surface area contributed by atoms with Gasteiger partial charge in [0.2, 0.25) is 0 Å². The van der Waals surface area contributed by atoms with E-state index in [0.717, 1.165) is 26.2 Å². The molecule has 1 aliphatic heterocycles. The summed E-state index contributed by atoms with van der Waals surface area (Å²) in [6.07, 6.45) is 1.31. The molecule has 0 aliphatic carbocycles. The Kier molecular flexibility index (Phi) is 5.17. The van der Waals surface area contributed by atoms with Crippen LogP contribution in [0.15, 0.2) is 24.3 Å². The fourth-order valence-corrected chi connectivity index (χ4v) is 2.22. The Balaban J connectivity index is 1.83. The summed E-state index contributed by atoms with van der Waals surface area (Å²) in [5.41, 5.74) is 2.61. The molecule has 1 heterocycles. The Hall–Kier alpha value is -0.900. The average Bonchev–Trinajstić information content (AvgIpc) is 2.90. The van der Waals surface area contributed by atoms with Crippen molar-refractivity contribution in [3.05, 3.63) is 35.4 Å². The highest BCUT2D eigenvalue weighted by Crippen LogP contribution is 2.16. The summed E-state index contributed by atoms with van der Waals surface area (Å²) >= 11 is 0. The largest absolute Gasteiger partial charge is 0.379 e. The molecule has 1 fully saturated rings. The van der Waals surface area contributed by atoms with Gasteiger partial charge in [-0.3, -0.25) is 0 Å². The van der Waals surface area contributed by atoms with Crippen LogP contribution < -0.4 is 5.32 Å². The van der Waals surface area contributed by atoms with Crippen LogP contribution in [-0.2, 0) is 16.1 Å². The summed E-state index contributed by atoms with van der Waals surface area (Å²) < 4.78 is 11.1. The summed E-state index contributed by atoms with van der Waals surface area (Å²) in [5.74, 6) is 0.549. The summed E-state index contributed by atoms with van der Waals surface area (Å²) in [6, 6.07) is 8.73. The molecule has 18 heavy (non-hydrogen) atoms. The number of hydrogen-bond donors (Lipinski definition) is 1. The highest BCUT2D eigenvalue weighted by Gasteiger charge is 2.15. The molecule has 0 aromatic heterocycles. The number of benzene rings is 1. The van der Waals surface area contributed by atoms with Crippen molar-refractivity contribution in [2.45, 2.75) is 32.0 Å². The highest BCUT2D eigenvalue weighted by molar-refractivity contribution is 5.24. The lowest BCUT2D eigenvalue weighted by Gasteiger charge is -2.13. The van der Waals surface area contributed by atoms with Crippen LogP contribution in [0.4, 0.5) is 0 Å². The van der Waals surface area contributed by atoms with E-state index in [0.29, 0.717) is 12.5 Å². The zero-order valence-electron chi connectivity index (χ0n) is 11.3. The first-order chi connectivity index (χ1) is 8.79. The minimum atomic E-state index is 0.285. The number of ether oxygens (including phenoxy) is 2. The SMILES string of the molecule is CNCC(C)c1ccc(COC2CCOC2)cc1. The van der Waals surface area contributed by atoms with Crippen molar-refractivity contribution < 1.29 is 9.47 Å². The lowest BCUT2D eigenvalue weighted by Crippen LogP contribution is -2.14. The van der Waals surface area contributed by atoms with Crippen LogP contribution in [0.2, 0.25) is 0 Å². The maximum atomic E-state index is 5.80. The molecular weight excluding hydrogens is 226 g/mol. The first-order valence-corrected chi connectivity index (χ1v) is 6.72. The molecule has 0 radical (unpaired) electrons. The van der Waals surface area contributed by atoms with Crippen molar-refractivity contribution >= 4 is 0 Å². The second-order valence-corrected chi connectivity index (χ2v) is 5.00. The summed E-state index contributed by atoms with van der Waals surface area (Å²) in [7, 11) is 1.99. The molecule has 100 valence electrons. The van der Waals surface area contributed by atoms with Gasteiger partial charge in [0.05, 0.1) is 19.3 Å². The van der Waals surface area contributed by atoms with Crippen molar-refractivity contribution in [1.29, 1.82) is 0 Å². The molecule has 0 saturated carbocycles. The van der Waals surface area contributed by atoms with Gasteiger partial charge in [-0.15, -0.1) is 0 Å². The van der Waals surface area contributed by atoms with Crippen LogP contribution in [0.5, 0.6) is 0 Å². The third kappa shape index (κ3) is 3.80. The third-order valence-corrected chi connectivity index (χ3v) is 3.43. The molecule has 0 spiro atoms. The molecule has 2 unspecified atom stereocenters. The molecule has 0 bridgehead atoms. The van der Waals surface area contributed by atoms with Crippen LogP contribution in [0, 0.1) is 0 Å². The number of nitrogens with one attached hydrogen (secondary N) is 1. The van der Waals surface area contributed by atoms with E-state index in [1.807, 2.05) is 7.05 Å². The van der Waals surface area contributed by atoms with Crippen molar-refractivity contribution in [1.82, 2.24) is 5.32 Å². The molecule has 1 aliphatic rings. The topological polar surface area (TPSA) is 30.5 Å². The third-order valence-electron chi connectivity index (χ3n) is 3.43. The zero-order valence-corrected chi connectivity index (χ0v) is 11.3. The number of hydrogen-bond acceptors (Lipinski definition) is 3. The van der Waals surface area contributed by atoms with Crippen molar-refractivity contribution in [3.8, 4) is 0 Å². The number of rotatable bonds is 6. The smallest absolute Gasteiger partial charge is 0.0834 e. The molecule has 3 heteroatoms. The van der Waals surface area contributed by atoms with E-state index >= 15 is 0 Å². The van der Waals surface area contributed by atoms with E-state index in [9.17, 15) is 0 Å². The predicted octanol–water partition coefficient (Wildman–Crippen LogP) is 2.32. The fourth-order valence-electron chi connectivity index (χ4n) is 2.22. The van der Waals surface area contributed by atoms with Crippen molar-refractivity contribution in [2.75, 3.05) is 26.8 Å². The molecule has 3 nitrogen and oxygen atoms in total. The van der Waals surface area contributed by atoms with Crippen LogP contribution in [-0.4, -0.2) is 32.9 Å². The van der Waals surface area contributed by atoms with E-state index in [-0.39, 0.29) is 6.10 Å². The molecule has 1 saturated heterocycles. The lowest BCUT2D eigenvalue weighted by molar-refractivity contribution is 0.0317. The standard InChI is InChI=1S/C15H23NO2/c1-12(9-16-2)14-5-3-13(4-6-14)10-18-15-7-8-17-11-15/h3-6,12,15-16H,7-11H2,1-2H3. The monoisotopic (exact) mass is 249 g/mol. The van der Waals surface area contributed by atoms with Gasteiger partial charge >= 0.3 is 0 Å². The maximum Gasteiger partial charge on any atom is 0.0834 e. The predicted molar refractivity (Wildman–Crippen MR) is 72.8 cm³/mol. The molecular formula is C15H23NO2. The van der Waals surface area contributed by atoms with Gasteiger partial charge in [0.25, 0.3) is 0 Å². The summed E-state index contributed by atoms with van der Waals surface area (Å²) in [5, 5.41) is 3.20. The zero-order chi connectivity index (χ0) is 12.8. The van der Waals surface area contributed by atoms with E-state index < -0.39 is 0 Å². The van der Waals surface area contributed by atoms with Gasteiger partial charge in [-0.25, -0.2) is 0 Å². The fraction of sp³-hybridized carbons (Fsp3) is 0.600. The lowest BCUT2D eigenvalue weighted by atomic mass is 10.00. The van der Waals surface area contributed by atoms with Crippen LogP contribution in [0.1, 0.15) is 30.4 Å². The average molecular weight is 249 g/mol. The van der Waals surface area contributed by atoms with Crippen LogP contribution in [0.25, 0.3) is 0 Å². The maximum absolute atomic E-state index is 5.80. The van der Waals surface area contributed by atoms with Gasteiger partial charge < -0.3 is 14.8 Å². The second kappa shape index (κ2) is 6.88. The Morgan fingerprint density at radius 2 is 2.17 bits per heavy atom. The van der Waals surface area contributed by atoms with Crippen molar-refractivity contribution in [3.63, 3.8) is 0 Å². The summed E-state index contributed by atoms with van der Waals surface area (Å²) in [4.78, 5) is 0. The molecule has 2 atom stereocenters. The minimum absolute atomic E-state index is 0.285. The Morgan fingerprint density at radius 3 is 2.78 bits per heavy atom. The number of likely N-dealkylation sites (N-methyl/N-ethyl adjacent to an activating group) is 1. The molecule has 1 N–H and O–H groups in total. The van der Waals surface area contributed by atoms with E-state index in [1.54, 1.807) is 0 Å². The molecule has 1 aromatic rings. The van der Waals surface area contributed by atoms with Gasteiger partial charge in [0, 0.05) is 13.2 Å². The van der Waals surface area contributed by atoms with Gasteiger partial charge in [-0.05, 0) is 30.5 Å². The second-order valence-electron chi connectivity index (χ2n) is 5.00. The normalized spacial score (nSPS) is 21.1. The first-order valence-electron chi connectivity index (χ1n) is 6.72. The van der Waals surface area contributed by atoms with Crippen LogP contribution >= 0.6 is 0 Å². The van der Waals surface area contributed by atoms with Gasteiger partial charge in [-0.1, -0.05) is 31.2 Å².